The van der Waals surface area contributed by atoms with Gasteiger partial charge in [-0.1, -0.05) is 0 Å². The van der Waals surface area contributed by atoms with Crippen LogP contribution < -0.4 is 0 Å². The van der Waals surface area contributed by atoms with Gasteiger partial charge in [0, 0.05) is 55.8 Å². The first-order valence-corrected chi connectivity index (χ1v) is 11.0. The lowest BCUT2D eigenvalue weighted by Gasteiger charge is -2.25. The highest BCUT2D eigenvalue weighted by atomic mass is 19.4. The van der Waals surface area contributed by atoms with E-state index in [0.717, 1.165) is 56.8 Å². The van der Waals surface area contributed by atoms with Crippen LogP contribution in [-0.4, -0.2) is 97.8 Å². The van der Waals surface area contributed by atoms with Gasteiger partial charge in [-0.25, -0.2) is 24.4 Å². The summed E-state index contributed by atoms with van der Waals surface area (Å²) >= 11 is 0. The molecule has 2 aliphatic heterocycles. The second-order valence-corrected chi connectivity index (χ2v) is 8.08. The fraction of sp³-hybridized carbons (Fsp3) is 0.455. The minimum atomic E-state index is -5.08. The molecule has 0 aliphatic carbocycles. The van der Waals surface area contributed by atoms with Gasteiger partial charge in [0.15, 0.2) is 0 Å². The van der Waals surface area contributed by atoms with Gasteiger partial charge in [0.2, 0.25) is 0 Å². The van der Waals surface area contributed by atoms with Crippen molar-refractivity contribution in [2.24, 2.45) is 0 Å². The van der Waals surface area contributed by atoms with E-state index in [1.54, 1.807) is 18.5 Å². The number of pyridine rings is 1. The molecular formula is C22H22F6N4O7. The summed E-state index contributed by atoms with van der Waals surface area (Å²) in [6, 6.07) is 2.25. The zero-order valence-corrected chi connectivity index (χ0v) is 19.9. The molecule has 0 radical (unpaired) electrons. The van der Waals surface area contributed by atoms with Crippen LogP contribution in [0.3, 0.4) is 0 Å². The summed E-state index contributed by atoms with van der Waals surface area (Å²) in [4.78, 5) is 44.7. The summed E-state index contributed by atoms with van der Waals surface area (Å²) in [6.07, 6.45) is -2.84. The minimum absolute atomic E-state index is 0.214. The topological polar surface area (TPSA) is 163 Å². The number of hydrogen-bond acceptors (Lipinski definition) is 8. The molecule has 4 heterocycles. The van der Waals surface area contributed by atoms with Crippen LogP contribution in [0.5, 0.6) is 0 Å². The number of aromatic carboxylic acids is 1. The third kappa shape index (κ3) is 9.43. The van der Waals surface area contributed by atoms with E-state index in [-0.39, 0.29) is 5.56 Å². The number of ether oxygens (including phenoxy) is 1. The fourth-order valence-corrected chi connectivity index (χ4v) is 3.63. The average Bonchev–Trinajstić information content (AvgIpc) is 3.31. The normalized spacial score (nSPS) is 17.4. The number of carboxylic acid groups (broad SMARTS) is 3. The van der Waals surface area contributed by atoms with Crippen molar-refractivity contribution < 1.29 is 60.8 Å². The standard InChI is InChI=1S/C18H20N4O3.2C2HF3O2/c23-18(24)15-7-12-1-4-22(14-3-6-25-10-14)5-2-16(12)21-17(15)13-8-19-11-20-9-13;2*3-2(4,5)1(6)7/h7-9,11,14H,1-6,10H2,(H,23,24);2*(H,6,7). The highest BCUT2D eigenvalue weighted by Gasteiger charge is 2.39. The lowest BCUT2D eigenvalue weighted by molar-refractivity contribution is -0.193. The SMILES string of the molecule is O=C(O)C(F)(F)F.O=C(O)C(F)(F)F.O=C(O)c1cc2c(nc1-c1cncnc1)CCN(C1CCOC1)CC2. The number of alkyl halides is 6. The molecular weight excluding hydrogens is 546 g/mol. The summed E-state index contributed by atoms with van der Waals surface area (Å²) in [5.74, 6) is -6.49. The quantitative estimate of drug-likeness (QED) is 0.467. The Morgan fingerprint density at radius 2 is 1.46 bits per heavy atom. The lowest BCUT2D eigenvalue weighted by atomic mass is 10.0. The largest absolute Gasteiger partial charge is 0.490 e. The molecule has 0 spiro atoms. The molecule has 1 unspecified atom stereocenters. The monoisotopic (exact) mass is 568 g/mol. The molecule has 0 saturated carbocycles. The van der Waals surface area contributed by atoms with Crippen molar-refractivity contribution in [2.75, 3.05) is 26.3 Å². The number of halogens is 6. The first-order chi connectivity index (χ1) is 18.1. The van der Waals surface area contributed by atoms with Crippen LogP contribution in [0.4, 0.5) is 26.3 Å². The van der Waals surface area contributed by atoms with Crippen molar-refractivity contribution in [3.05, 3.63) is 41.6 Å². The van der Waals surface area contributed by atoms with Crippen molar-refractivity contribution in [2.45, 2.75) is 37.7 Å². The Bertz CT molecular complexity index is 1130. The third-order valence-corrected chi connectivity index (χ3v) is 5.47. The van der Waals surface area contributed by atoms with Gasteiger partial charge in [0.05, 0.1) is 17.9 Å². The molecule has 3 N–H and O–H groups in total. The lowest BCUT2D eigenvalue weighted by Crippen LogP contribution is -2.37. The van der Waals surface area contributed by atoms with Gasteiger partial charge in [-0.05, 0) is 24.5 Å². The van der Waals surface area contributed by atoms with E-state index in [1.807, 2.05) is 0 Å². The van der Waals surface area contributed by atoms with Gasteiger partial charge in [-0.2, -0.15) is 26.3 Å². The summed E-state index contributed by atoms with van der Waals surface area (Å²) in [6.45, 7) is 3.45. The number of aromatic nitrogens is 3. The molecule has 2 aromatic rings. The summed E-state index contributed by atoms with van der Waals surface area (Å²) in [5, 5.41) is 23.9. The number of carboxylic acids is 3. The average molecular weight is 568 g/mol. The Morgan fingerprint density at radius 3 is 1.92 bits per heavy atom. The molecule has 1 fully saturated rings. The first-order valence-electron chi connectivity index (χ1n) is 11.0. The van der Waals surface area contributed by atoms with Crippen molar-refractivity contribution in [3.8, 4) is 11.3 Å². The molecule has 11 nitrogen and oxygen atoms in total. The smallest absolute Gasteiger partial charge is 0.478 e. The molecule has 4 rings (SSSR count). The van der Waals surface area contributed by atoms with Crippen LogP contribution in [-0.2, 0) is 27.2 Å². The molecule has 2 aromatic heterocycles. The molecule has 1 saturated heterocycles. The van der Waals surface area contributed by atoms with E-state index in [4.69, 9.17) is 29.5 Å². The Kier molecular flexibility index (Phi) is 10.7. The first kappa shape index (κ1) is 31.4. The van der Waals surface area contributed by atoms with Gasteiger partial charge < -0.3 is 20.1 Å². The van der Waals surface area contributed by atoms with E-state index >= 15 is 0 Å². The van der Waals surface area contributed by atoms with Gasteiger partial charge >= 0.3 is 30.3 Å². The van der Waals surface area contributed by atoms with Crippen molar-refractivity contribution in [1.29, 1.82) is 0 Å². The van der Waals surface area contributed by atoms with E-state index < -0.39 is 30.3 Å². The van der Waals surface area contributed by atoms with Gasteiger partial charge in [-0.15, -0.1) is 0 Å². The number of aliphatic carboxylic acids is 2. The van der Waals surface area contributed by atoms with Crippen LogP contribution in [0.2, 0.25) is 0 Å². The minimum Gasteiger partial charge on any atom is -0.478 e. The third-order valence-electron chi connectivity index (χ3n) is 5.47. The molecule has 214 valence electrons. The van der Waals surface area contributed by atoms with E-state index in [9.17, 15) is 36.2 Å². The maximum atomic E-state index is 11.7. The Balaban J connectivity index is 0.000000317. The van der Waals surface area contributed by atoms with Crippen LogP contribution in [0, 0.1) is 0 Å². The number of nitrogens with zero attached hydrogens (tertiary/aromatic N) is 4. The molecule has 0 aromatic carbocycles. The zero-order valence-electron chi connectivity index (χ0n) is 19.9. The van der Waals surface area contributed by atoms with E-state index in [1.165, 1.54) is 6.33 Å². The molecule has 17 heteroatoms. The van der Waals surface area contributed by atoms with Crippen LogP contribution in [0.15, 0.2) is 24.8 Å². The number of hydrogen-bond donors (Lipinski definition) is 3. The maximum absolute atomic E-state index is 11.7. The Hall–Kier alpha value is -3.86. The van der Waals surface area contributed by atoms with E-state index in [0.29, 0.717) is 17.3 Å². The Labute approximate surface area is 216 Å². The highest BCUT2D eigenvalue weighted by Crippen LogP contribution is 2.26. The second kappa shape index (κ2) is 13.3. The van der Waals surface area contributed by atoms with Crippen molar-refractivity contribution in [1.82, 2.24) is 19.9 Å². The number of carbonyl (C=O) groups is 3. The summed E-state index contributed by atoms with van der Waals surface area (Å²) in [7, 11) is 0. The second-order valence-electron chi connectivity index (χ2n) is 8.08. The van der Waals surface area contributed by atoms with Gasteiger partial charge in [-0.3, -0.25) is 9.88 Å². The fourth-order valence-electron chi connectivity index (χ4n) is 3.63. The molecule has 0 amide bonds. The molecule has 1 atom stereocenters. The van der Waals surface area contributed by atoms with Gasteiger partial charge in [0.25, 0.3) is 0 Å². The predicted molar refractivity (Wildman–Crippen MR) is 118 cm³/mol. The zero-order chi connectivity index (χ0) is 29.4. The summed E-state index contributed by atoms with van der Waals surface area (Å²) < 4.78 is 69.0. The van der Waals surface area contributed by atoms with Crippen LogP contribution >= 0.6 is 0 Å². The van der Waals surface area contributed by atoms with Crippen LogP contribution in [0.25, 0.3) is 11.3 Å². The Morgan fingerprint density at radius 1 is 0.923 bits per heavy atom. The highest BCUT2D eigenvalue weighted by molar-refractivity contribution is 5.95. The van der Waals surface area contributed by atoms with Gasteiger partial charge in [0.1, 0.15) is 6.33 Å². The van der Waals surface area contributed by atoms with E-state index in [2.05, 4.69) is 14.9 Å². The van der Waals surface area contributed by atoms with Crippen molar-refractivity contribution in [3.63, 3.8) is 0 Å². The van der Waals surface area contributed by atoms with Crippen LogP contribution in [0.1, 0.15) is 28.0 Å². The molecule has 2 aliphatic rings. The maximum Gasteiger partial charge on any atom is 0.490 e. The number of rotatable bonds is 3. The summed E-state index contributed by atoms with van der Waals surface area (Å²) in [5.41, 5.74) is 3.30. The number of fused-ring (bicyclic) bond motifs is 1. The van der Waals surface area contributed by atoms with Crippen molar-refractivity contribution >= 4 is 17.9 Å². The molecule has 39 heavy (non-hydrogen) atoms. The molecule has 0 bridgehead atoms. The predicted octanol–water partition coefficient (Wildman–Crippen LogP) is 2.69.